The molecule has 0 spiro atoms. The summed E-state index contributed by atoms with van der Waals surface area (Å²) in [6.45, 7) is 0. The molecular weight excluding hydrogens is 514 g/mol. The van der Waals surface area contributed by atoms with E-state index in [9.17, 15) is 22.4 Å². The average Bonchev–Trinajstić information content (AvgIpc) is 3.33. The van der Waals surface area contributed by atoms with Crippen molar-refractivity contribution in [2.75, 3.05) is 29.6 Å². The maximum absolute atomic E-state index is 14.7. The maximum atomic E-state index is 14.7. The lowest BCUT2D eigenvalue weighted by Crippen LogP contribution is -2.19. The summed E-state index contributed by atoms with van der Waals surface area (Å²) in [5.74, 6) is -0.656. The summed E-state index contributed by atoms with van der Waals surface area (Å²) in [6, 6.07) is 16.7. The fourth-order valence-corrected chi connectivity index (χ4v) is 3.85. The van der Waals surface area contributed by atoms with Crippen molar-refractivity contribution in [3.05, 3.63) is 90.4 Å². The highest BCUT2D eigenvalue weighted by atomic mass is 19.4. The Kier molecular flexibility index (Phi) is 6.65. The number of benzene rings is 3. The van der Waals surface area contributed by atoms with Crippen molar-refractivity contribution in [2.45, 2.75) is 6.18 Å². The summed E-state index contributed by atoms with van der Waals surface area (Å²) >= 11 is 0. The van der Waals surface area contributed by atoms with Gasteiger partial charge in [-0.3, -0.25) is 0 Å². The van der Waals surface area contributed by atoms with Crippen LogP contribution in [0.3, 0.4) is 0 Å². The van der Waals surface area contributed by atoms with Gasteiger partial charge in [0, 0.05) is 42.9 Å². The van der Waals surface area contributed by atoms with Crippen molar-refractivity contribution in [1.82, 2.24) is 9.97 Å². The first kappa shape index (κ1) is 25.7. The van der Waals surface area contributed by atoms with Crippen LogP contribution in [0, 0.1) is 5.82 Å². The van der Waals surface area contributed by atoms with Gasteiger partial charge >= 0.3 is 12.2 Å². The predicted octanol–water partition coefficient (Wildman–Crippen LogP) is 7.42. The molecule has 0 saturated heterocycles. The number of nitrogens with zero attached hydrogens (tertiary/aromatic N) is 3. The minimum atomic E-state index is -4.48. The van der Waals surface area contributed by atoms with E-state index in [4.69, 9.17) is 4.42 Å². The van der Waals surface area contributed by atoms with E-state index in [1.165, 1.54) is 12.1 Å². The molecule has 0 atom stereocenters. The molecule has 0 saturated carbocycles. The average molecular weight is 536 g/mol. The summed E-state index contributed by atoms with van der Waals surface area (Å²) in [7, 11) is 3.90. The molecule has 3 aromatic carbocycles. The molecule has 11 heteroatoms. The zero-order valence-corrected chi connectivity index (χ0v) is 20.7. The third kappa shape index (κ3) is 5.66. The zero-order chi connectivity index (χ0) is 27.7. The molecule has 2 heterocycles. The first-order valence-corrected chi connectivity index (χ1v) is 11.7. The van der Waals surface area contributed by atoms with Gasteiger partial charge in [0.1, 0.15) is 5.82 Å². The monoisotopic (exact) mass is 535 g/mol. The summed E-state index contributed by atoms with van der Waals surface area (Å²) in [6.07, 6.45) is -2.83. The van der Waals surface area contributed by atoms with Gasteiger partial charge < -0.3 is 20.0 Å². The van der Waals surface area contributed by atoms with E-state index in [0.29, 0.717) is 5.58 Å². The number of hydrogen-bond acceptors (Lipinski definition) is 5. The van der Waals surface area contributed by atoms with Crippen LogP contribution < -0.4 is 15.5 Å². The van der Waals surface area contributed by atoms with Crippen LogP contribution in [0.2, 0.25) is 0 Å². The number of alkyl halides is 3. The molecule has 0 aliphatic rings. The van der Waals surface area contributed by atoms with Gasteiger partial charge in [0.15, 0.2) is 11.2 Å². The smallest absolute Gasteiger partial charge is 0.416 e. The van der Waals surface area contributed by atoms with Crippen molar-refractivity contribution in [1.29, 1.82) is 0 Å². The Morgan fingerprint density at radius 1 is 0.872 bits per heavy atom. The Hall–Kier alpha value is -4.93. The second-order valence-electron chi connectivity index (χ2n) is 8.85. The Balaban J connectivity index is 1.34. The van der Waals surface area contributed by atoms with E-state index < -0.39 is 23.6 Å². The standard InChI is InChI=1S/C28H21F4N5O2/c1-37(2)21-10-3-16(4-11-21)17-13-24-25(33-15-17)36-26(39-24)22-14-20(9-12-23(22)29)35-27(38)34-19-7-5-18(6-8-19)28(30,31)32/h3-15H,1-2H3,(H2,34,35,38). The number of halogens is 4. The van der Waals surface area contributed by atoms with Crippen LogP contribution in [0.15, 0.2) is 83.4 Å². The number of pyridine rings is 1. The number of nitrogens with one attached hydrogen (secondary N) is 2. The van der Waals surface area contributed by atoms with Crippen molar-refractivity contribution >= 4 is 34.3 Å². The number of amides is 2. The summed E-state index contributed by atoms with van der Waals surface area (Å²) in [4.78, 5) is 23.0. The predicted molar refractivity (Wildman–Crippen MR) is 141 cm³/mol. The van der Waals surface area contributed by atoms with Crippen molar-refractivity contribution in [3.63, 3.8) is 0 Å². The topological polar surface area (TPSA) is 83.3 Å². The second-order valence-corrected chi connectivity index (χ2v) is 8.85. The number of aromatic nitrogens is 2. The van der Waals surface area contributed by atoms with Gasteiger partial charge in [-0.25, -0.2) is 14.2 Å². The van der Waals surface area contributed by atoms with Gasteiger partial charge in [-0.2, -0.15) is 18.2 Å². The lowest BCUT2D eigenvalue weighted by molar-refractivity contribution is -0.137. The molecule has 0 bridgehead atoms. The van der Waals surface area contributed by atoms with Crippen molar-refractivity contribution < 1.29 is 26.8 Å². The molecule has 39 heavy (non-hydrogen) atoms. The maximum Gasteiger partial charge on any atom is 0.416 e. The summed E-state index contributed by atoms with van der Waals surface area (Å²) in [5, 5.41) is 4.95. The number of urea groups is 1. The molecule has 2 amide bonds. The first-order valence-electron chi connectivity index (χ1n) is 11.7. The summed E-state index contributed by atoms with van der Waals surface area (Å²) < 4.78 is 58.7. The van der Waals surface area contributed by atoms with Crippen LogP contribution in [0.25, 0.3) is 33.8 Å². The van der Waals surface area contributed by atoms with E-state index in [2.05, 4.69) is 20.6 Å². The molecule has 0 fully saturated rings. The molecular formula is C28H21F4N5O2. The van der Waals surface area contributed by atoms with Gasteiger partial charge in [-0.15, -0.1) is 0 Å². The van der Waals surface area contributed by atoms with E-state index in [-0.39, 0.29) is 28.5 Å². The third-order valence-corrected chi connectivity index (χ3v) is 5.89. The highest BCUT2D eigenvalue weighted by Gasteiger charge is 2.30. The Bertz CT molecular complexity index is 1650. The number of rotatable bonds is 5. The molecule has 2 N–H and O–H groups in total. The highest BCUT2D eigenvalue weighted by molar-refractivity contribution is 6.00. The van der Waals surface area contributed by atoms with Gasteiger partial charge in [0.25, 0.3) is 0 Å². The van der Waals surface area contributed by atoms with Gasteiger partial charge in [0.05, 0.1) is 11.1 Å². The van der Waals surface area contributed by atoms with Crippen LogP contribution in [0.1, 0.15) is 5.56 Å². The lowest BCUT2D eigenvalue weighted by Gasteiger charge is -2.12. The van der Waals surface area contributed by atoms with E-state index in [1.807, 2.05) is 43.3 Å². The number of carbonyl (C=O) groups excluding carboxylic acids is 1. The van der Waals surface area contributed by atoms with Crippen LogP contribution in [-0.4, -0.2) is 30.1 Å². The third-order valence-electron chi connectivity index (χ3n) is 5.89. The van der Waals surface area contributed by atoms with Gasteiger partial charge in [-0.05, 0) is 66.2 Å². The van der Waals surface area contributed by atoms with E-state index >= 15 is 0 Å². The fourth-order valence-electron chi connectivity index (χ4n) is 3.85. The van der Waals surface area contributed by atoms with Crippen LogP contribution in [0.5, 0.6) is 0 Å². The van der Waals surface area contributed by atoms with Crippen LogP contribution in [-0.2, 0) is 6.18 Å². The minimum Gasteiger partial charge on any atom is -0.434 e. The SMILES string of the molecule is CN(C)c1ccc(-c2cnc3nc(-c4cc(NC(=O)Nc5ccc(C(F)(F)F)cc5)ccc4F)oc3c2)cc1. The molecule has 7 nitrogen and oxygen atoms in total. The Labute approximate surface area is 220 Å². The molecule has 0 unspecified atom stereocenters. The summed E-state index contributed by atoms with van der Waals surface area (Å²) in [5.41, 5.74) is 2.94. The quantitative estimate of drug-likeness (QED) is 0.229. The highest BCUT2D eigenvalue weighted by Crippen LogP contribution is 2.32. The number of carbonyl (C=O) groups is 1. The zero-order valence-electron chi connectivity index (χ0n) is 20.7. The number of anilines is 3. The molecule has 0 aliphatic carbocycles. The number of hydrogen-bond donors (Lipinski definition) is 2. The molecule has 5 aromatic rings. The van der Waals surface area contributed by atoms with E-state index in [1.54, 1.807) is 12.3 Å². The molecule has 0 aliphatic heterocycles. The Morgan fingerprint density at radius 2 is 1.54 bits per heavy atom. The van der Waals surface area contributed by atoms with Gasteiger partial charge in [0.2, 0.25) is 5.89 Å². The fraction of sp³-hybridized carbons (Fsp3) is 0.107. The Morgan fingerprint density at radius 3 is 2.21 bits per heavy atom. The molecule has 5 rings (SSSR count). The van der Waals surface area contributed by atoms with Crippen LogP contribution >= 0.6 is 0 Å². The largest absolute Gasteiger partial charge is 0.434 e. The molecule has 198 valence electrons. The van der Waals surface area contributed by atoms with Crippen LogP contribution in [0.4, 0.5) is 39.4 Å². The molecule has 2 aromatic heterocycles. The first-order chi connectivity index (χ1) is 18.6. The van der Waals surface area contributed by atoms with Gasteiger partial charge in [-0.1, -0.05) is 12.1 Å². The van der Waals surface area contributed by atoms with Crippen molar-refractivity contribution in [3.8, 4) is 22.6 Å². The lowest BCUT2D eigenvalue weighted by atomic mass is 10.1. The minimum absolute atomic E-state index is 0.00258. The molecule has 0 radical (unpaired) electrons. The normalized spacial score (nSPS) is 11.4. The van der Waals surface area contributed by atoms with E-state index in [0.717, 1.165) is 47.1 Å². The number of oxazole rings is 1. The van der Waals surface area contributed by atoms with Crippen molar-refractivity contribution in [2.24, 2.45) is 0 Å². The number of fused-ring (bicyclic) bond motifs is 1. The second kappa shape index (κ2) is 10.1.